The lowest BCUT2D eigenvalue weighted by Crippen LogP contribution is -2.07. The van der Waals surface area contributed by atoms with E-state index in [2.05, 4.69) is 6.58 Å². The zero-order chi connectivity index (χ0) is 13.2. The van der Waals surface area contributed by atoms with Crippen molar-refractivity contribution in [1.82, 2.24) is 0 Å². The maximum absolute atomic E-state index is 11.5. The first-order valence-corrected chi connectivity index (χ1v) is 6.85. The second kappa shape index (κ2) is 5.00. The van der Waals surface area contributed by atoms with Crippen molar-refractivity contribution in [2.45, 2.75) is 26.7 Å². The van der Waals surface area contributed by atoms with E-state index in [-0.39, 0.29) is 5.76 Å². The van der Waals surface area contributed by atoms with Gasteiger partial charge in [-0.1, -0.05) is 20.4 Å². The van der Waals surface area contributed by atoms with E-state index < -0.39 is 18.9 Å². The molecular formula is C11H15O5P. The Morgan fingerprint density at radius 2 is 1.88 bits per heavy atom. The van der Waals surface area contributed by atoms with Crippen molar-refractivity contribution in [2.75, 3.05) is 0 Å². The molecule has 0 aliphatic heterocycles. The molecule has 5 nitrogen and oxygen atoms in total. The third-order valence-electron chi connectivity index (χ3n) is 2.48. The van der Waals surface area contributed by atoms with Crippen molar-refractivity contribution in [3.8, 4) is 0 Å². The van der Waals surface area contributed by atoms with Gasteiger partial charge in [0, 0.05) is 11.1 Å². The van der Waals surface area contributed by atoms with Crippen LogP contribution in [0.25, 0.3) is 0 Å². The van der Waals surface area contributed by atoms with Crippen molar-refractivity contribution in [1.29, 1.82) is 0 Å². The number of rotatable bonds is 5. The quantitative estimate of drug-likeness (QED) is 0.475. The third kappa shape index (κ3) is 2.57. The highest BCUT2D eigenvalue weighted by Crippen LogP contribution is 2.38. The topological polar surface area (TPSA) is 87.7 Å². The molecule has 0 spiro atoms. The lowest BCUT2D eigenvalue weighted by atomic mass is 10.0. The minimum atomic E-state index is -4.49. The number of allylic oxidation sites excluding steroid dienone is 1. The first kappa shape index (κ1) is 13.9. The zero-order valence-corrected chi connectivity index (χ0v) is 10.7. The standard InChI is InChI=1S/C11H15O5P/c1-4-7-8(5-2)11(17(13,14)15)16-10(7)9(12)6-3/h6H,3-5H2,1-2H3,(H2,13,14,15). The Balaban J connectivity index is 3.55. The summed E-state index contributed by atoms with van der Waals surface area (Å²) in [5.74, 6) is -0.478. The lowest BCUT2D eigenvalue weighted by Gasteiger charge is -2.02. The van der Waals surface area contributed by atoms with Crippen LogP contribution in [0.5, 0.6) is 0 Å². The molecule has 6 heteroatoms. The molecule has 94 valence electrons. The molecule has 1 rings (SSSR count). The summed E-state index contributed by atoms with van der Waals surface area (Å²) in [5.41, 5.74) is 0.573. The minimum absolute atomic E-state index is 0.0160. The predicted octanol–water partition coefficient (Wildman–Crippen LogP) is 1.58. The highest BCUT2D eigenvalue weighted by Gasteiger charge is 2.31. The molecule has 0 aliphatic rings. The van der Waals surface area contributed by atoms with Gasteiger partial charge in [-0.25, -0.2) is 0 Å². The Bertz CT molecular complexity index is 494. The van der Waals surface area contributed by atoms with Crippen LogP contribution in [0.4, 0.5) is 0 Å². The number of carbonyl (C=O) groups is 1. The molecule has 0 radical (unpaired) electrons. The summed E-state index contributed by atoms with van der Waals surface area (Å²) in [6.07, 6.45) is 1.94. The fourth-order valence-corrected chi connectivity index (χ4v) is 2.61. The molecule has 0 saturated carbocycles. The highest BCUT2D eigenvalue weighted by atomic mass is 31.2. The lowest BCUT2D eigenvalue weighted by molar-refractivity contribution is 0.102. The van der Waals surface area contributed by atoms with Crippen LogP contribution < -0.4 is 5.50 Å². The Labute approximate surface area is 99.3 Å². The second-order valence-electron chi connectivity index (χ2n) is 3.51. The molecule has 1 aromatic rings. The Hall–Kier alpha value is -1.16. The van der Waals surface area contributed by atoms with E-state index in [1.54, 1.807) is 13.8 Å². The van der Waals surface area contributed by atoms with E-state index in [0.717, 1.165) is 6.08 Å². The minimum Gasteiger partial charge on any atom is -0.444 e. The zero-order valence-electron chi connectivity index (χ0n) is 9.77. The fraction of sp³-hybridized carbons (Fsp3) is 0.364. The largest absolute Gasteiger partial charge is 0.444 e. The summed E-state index contributed by atoms with van der Waals surface area (Å²) >= 11 is 0. The SMILES string of the molecule is C=CC(=O)c1oc(P(=O)(O)O)c(CC)c1CC. The van der Waals surface area contributed by atoms with Crippen molar-refractivity contribution in [3.05, 3.63) is 29.5 Å². The van der Waals surface area contributed by atoms with Gasteiger partial charge >= 0.3 is 7.60 Å². The van der Waals surface area contributed by atoms with Crippen LogP contribution in [-0.4, -0.2) is 15.6 Å². The Morgan fingerprint density at radius 1 is 1.35 bits per heavy atom. The molecule has 1 heterocycles. The van der Waals surface area contributed by atoms with Crippen molar-refractivity contribution >= 4 is 18.9 Å². The summed E-state index contributed by atoms with van der Waals surface area (Å²) < 4.78 is 16.3. The molecule has 0 unspecified atom stereocenters. The number of furan rings is 1. The maximum Gasteiger partial charge on any atom is 0.391 e. The average Bonchev–Trinajstić information content (AvgIpc) is 2.65. The summed E-state index contributed by atoms with van der Waals surface area (Å²) in [4.78, 5) is 29.9. The summed E-state index contributed by atoms with van der Waals surface area (Å²) in [6.45, 7) is 6.89. The van der Waals surface area contributed by atoms with Crippen LogP contribution in [0.2, 0.25) is 0 Å². The first-order valence-electron chi connectivity index (χ1n) is 5.24. The smallest absolute Gasteiger partial charge is 0.391 e. The van der Waals surface area contributed by atoms with Crippen LogP contribution in [0.1, 0.15) is 35.5 Å². The van der Waals surface area contributed by atoms with Crippen LogP contribution in [0.15, 0.2) is 17.1 Å². The van der Waals surface area contributed by atoms with Gasteiger partial charge < -0.3 is 14.2 Å². The monoisotopic (exact) mass is 258 g/mol. The molecule has 1 aromatic heterocycles. The number of carbonyl (C=O) groups excluding carboxylic acids is 1. The van der Waals surface area contributed by atoms with Gasteiger partial charge in [-0.2, -0.15) is 0 Å². The molecule has 2 N–H and O–H groups in total. The second-order valence-corrected chi connectivity index (χ2v) is 5.01. The first-order chi connectivity index (χ1) is 7.86. The third-order valence-corrected chi connectivity index (χ3v) is 3.37. The van der Waals surface area contributed by atoms with Crippen LogP contribution in [-0.2, 0) is 17.4 Å². The van der Waals surface area contributed by atoms with Crippen LogP contribution >= 0.6 is 7.60 Å². The summed E-state index contributed by atoms with van der Waals surface area (Å²) in [6, 6.07) is 0. The van der Waals surface area contributed by atoms with Crippen molar-refractivity contribution in [2.24, 2.45) is 0 Å². The average molecular weight is 258 g/mol. The van der Waals surface area contributed by atoms with Gasteiger partial charge in [0.1, 0.15) is 0 Å². The maximum atomic E-state index is 11.5. The molecule has 17 heavy (non-hydrogen) atoms. The van der Waals surface area contributed by atoms with Crippen LogP contribution in [0.3, 0.4) is 0 Å². The molecule has 0 amide bonds. The van der Waals surface area contributed by atoms with Gasteiger partial charge in [0.15, 0.2) is 5.76 Å². The molecule has 0 fully saturated rings. The van der Waals surface area contributed by atoms with Crippen molar-refractivity contribution < 1.29 is 23.6 Å². The molecule has 0 aliphatic carbocycles. The van der Waals surface area contributed by atoms with E-state index >= 15 is 0 Å². The Kier molecular flexibility index (Phi) is 4.09. The number of hydrogen-bond donors (Lipinski definition) is 2. The van der Waals surface area contributed by atoms with Gasteiger partial charge in [0.05, 0.1) is 0 Å². The predicted molar refractivity (Wildman–Crippen MR) is 63.7 cm³/mol. The van der Waals surface area contributed by atoms with E-state index in [4.69, 9.17) is 14.2 Å². The normalized spacial score (nSPS) is 11.5. The van der Waals surface area contributed by atoms with E-state index in [0.29, 0.717) is 24.0 Å². The number of ketones is 1. The summed E-state index contributed by atoms with van der Waals surface area (Å²) in [5, 5.41) is 0. The summed E-state index contributed by atoms with van der Waals surface area (Å²) in [7, 11) is -4.49. The molecule has 0 bridgehead atoms. The van der Waals surface area contributed by atoms with Gasteiger partial charge in [-0.3, -0.25) is 9.36 Å². The highest BCUT2D eigenvalue weighted by molar-refractivity contribution is 7.59. The van der Waals surface area contributed by atoms with Crippen LogP contribution in [0, 0.1) is 0 Å². The van der Waals surface area contributed by atoms with E-state index in [1.807, 2.05) is 0 Å². The fourth-order valence-electron chi connectivity index (χ4n) is 1.75. The van der Waals surface area contributed by atoms with Gasteiger partial charge in [-0.15, -0.1) is 0 Å². The Morgan fingerprint density at radius 3 is 2.24 bits per heavy atom. The van der Waals surface area contributed by atoms with Gasteiger partial charge in [-0.05, 0) is 18.9 Å². The van der Waals surface area contributed by atoms with Crippen molar-refractivity contribution in [3.63, 3.8) is 0 Å². The van der Waals surface area contributed by atoms with Gasteiger partial charge in [0.25, 0.3) is 0 Å². The molecular weight excluding hydrogens is 243 g/mol. The van der Waals surface area contributed by atoms with E-state index in [9.17, 15) is 9.36 Å². The van der Waals surface area contributed by atoms with E-state index in [1.165, 1.54) is 0 Å². The number of hydrogen-bond acceptors (Lipinski definition) is 3. The van der Waals surface area contributed by atoms with Gasteiger partial charge in [0.2, 0.25) is 11.3 Å². The molecule has 0 aromatic carbocycles. The molecule has 0 atom stereocenters. The molecule has 0 saturated heterocycles.